The Kier molecular flexibility index (Phi) is 7.37. The number of aromatic carboxylic acids is 1. The monoisotopic (exact) mass is 388 g/mol. The zero-order valence-electron chi connectivity index (χ0n) is 14.9. The molecule has 0 aliphatic carbocycles. The summed E-state index contributed by atoms with van der Waals surface area (Å²) in [4.78, 5) is 36.6. The molecule has 0 heterocycles. The standard InChI is InChI=1S/C20H21ClN2O4/c1-23(13-14-4-6-16(7-5-14)20(26)27)18(24)3-2-12-22-19(25)15-8-10-17(21)11-9-15/h4-11H,2-3,12-13H2,1H3,(H,22,25)(H,26,27). The Hall–Kier alpha value is -2.86. The summed E-state index contributed by atoms with van der Waals surface area (Å²) in [6, 6.07) is 13.0. The number of benzene rings is 2. The zero-order valence-corrected chi connectivity index (χ0v) is 15.7. The topological polar surface area (TPSA) is 86.7 Å². The lowest BCUT2D eigenvalue weighted by Gasteiger charge is -2.17. The van der Waals surface area contributed by atoms with Crippen LogP contribution in [0.25, 0.3) is 0 Å². The predicted molar refractivity (Wildman–Crippen MR) is 103 cm³/mol. The molecule has 0 aromatic heterocycles. The number of carbonyl (C=O) groups excluding carboxylic acids is 2. The molecular formula is C20H21ClN2O4. The van der Waals surface area contributed by atoms with Gasteiger partial charge in [0, 0.05) is 37.1 Å². The zero-order chi connectivity index (χ0) is 19.8. The maximum atomic E-state index is 12.2. The van der Waals surface area contributed by atoms with Crippen molar-refractivity contribution in [2.24, 2.45) is 0 Å². The van der Waals surface area contributed by atoms with Crippen LogP contribution in [0.1, 0.15) is 39.1 Å². The molecule has 7 heteroatoms. The summed E-state index contributed by atoms with van der Waals surface area (Å²) in [6.07, 6.45) is 0.838. The Morgan fingerprint density at radius 3 is 2.19 bits per heavy atom. The van der Waals surface area contributed by atoms with Crippen molar-refractivity contribution >= 4 is 29.4 Å². The van der Waals surface area contributed by atoms with Crippen molar-refractivity contribution in [1.29, 1.82) is 0 Å². The van der Waals surface area contributed by atoms with Crippen molar-refractivity contribution < 1.29 is 19.5 Å². The summed E-state index contributed by atoms with van der Waals surface area (Å²) in [6.45, 7) is 0.796. The third kappa shape index (κ3) is 6.42. The Morgan fingerprint density at radius 2 is 1.59 bits per heavy atom. The lowest BCUT2D eigenvalue weighted by Crippen LogP contribution is -2.28. The average Bonchev–Trinajstić information content (AvgIpc) is 2.65. The molecule has 2 aromatic carbocycles. The molecule has 0 atom stereocenters. The third-order valence-corrected chi connectivity index (χ3v) is 4.26. The highest BCUT2D eigenvalue weighted by molar-refractivity contribution is 6.30. The number of rotatable bonds is 8. The summed E-state index contributed by atoms with van der Waals surface area (Å²) in [5.41, 5.74) is 1.59. The number of halogens is 1. The fourth-order valence-corrected chi connectivity index (χ4v) is 2.58. The Labute approximate surface area is 162 Å². The summed E-state index contributed by atoms with van der Waals surface area (Å²) in [5, 5.41) is 12.2. The van der Waals surface area contributed by atoms with Gasteiger partial charge in [-0.05, 0) is 48.4 Å². The van der Waals surface area contributed by atoms with Crippen LogP contribution in [0.5, 0.6) is 0 Å². The normalized spacial score (nSPS) is 10.3. The van der Waals surface area contributed by atoms with E-state index in [4.69, 9.17) is 16.7 Å². The number of carboxylic acids is 1. The summed E-state index contributed by atoms with van der Waals surface area (Å²) < 4.78 is 0. The SMILES string of the molecule is CN(Cc1ccc(C(=O)O)cc1)C(=O)CCCNC(=O)c1ccc(Cl)cc1. The molecule has 0 saturated carbocycles. The molecule has 0 aliphatic rings. The van der Waals surface area contributed by atoms with Crippen LogP contribution in [-0.2, 0) is 11.3 Å². The number of amides is 2. The quantitative estimate of drug-likeness (QED) is 0.680. The van der Waals surface area contributed by atoms with Crippen LogP contribution < -0.4 is 5.32 Å². The Morgan fingerprint density at radius 1 is 1.00 bits per heavy atom. The number of carbonyl (C=O) groups is 3. The largest absolute Gasteiger partial charge is 0.478 e. The fourth-order valence-electron chi connectivity index (χ4n) is 2.45. The van der Waals surface area contributed by atoms with Crippen molar-refractivity contribution in [3.63, 3.8) is 0 Å². The summed E-state index contributed by atoms with van der Waals surface area (Å²) in [5.74, 6) is -1.23. The molecule has 0 bridgehead atoms. The van der Waals surface area contributed by atoms with Crippen molar-refractivity contribution in [2.75, 3.05) is 13.6 Å². The molecule has 0 fully saturated rings. The molecular weight excluding hydrogens is 368 g/mol. The van der Waals surface area contributed by atoms with Gasteiger partial charge in [0.05, 0.1) is 5.56 Å². The summed E-state index contributed by atoms with van der Waals surface area (Å²) >= 11 is 5.79. The van der Waals surface area contributed by atoms with E-state index in [1.54, 1.807) is 48.3 Å². The van der Waals surface area contributed by atoms with Crippen LogP contribution >= 0.6 is 11.6 Å². The van der Waals surface area contributed by atoms with E-state index in [0.29, 0.717) is 36.5 Å². The van der Waals surface area contributed by atoms with Gasteiger partial charge in [-0.15, -0.1) is 0 Å². The second-order valence-electron chi connectivity index (χ2n) is 6.12. The molecule has 0 unspecified atom stereocenters. The van der Waals surface area contributed by atoms with Crippen molar-refractivity contribution in [2.45, 2.75) is 19.4 Å². The molecule has 27 heavy (non-hydrogen) atoms. The number of nitrogens with one attached hydrogen (secondary N) is 1. The second kappa shape index (κ2) is 9.73. The van der Waals surface area contributed by atoms with Gasteiger partial charge in [0.25, 0.3) is 5.91 Å². The van der Waals surface area contributed by atoms with Crippen LogP contribution in [0.4, 0.5) is 0 Å². The van der Waals surface area contributed by atoms with Crippen LogP contribution in [0.2, 0.25) is 5.02 Å². The van der Waals surface area contributed by atoms with Gasteiger partial charge < -0.3 is 15.3 Å². The van der Waals surface area contributed by atoms with E-state index in [0.717, 1.165) is 5.56 Å². The van der Waals surface area contributed by atoms with Crippen molar-refractivity contribution in [3.05, 3.63) is 70.2 Å². The molecule has 0 spiro atoms. The maximum Gasteiger partial charge on any atom is 0.335 e. The van der Waals surface area contributed by atoms with E-state index in [-0.39, 0.29) is 17.4 Å². The maximum absolute atomic E-state index is 12.2. The first-order chi connectivity index (χ1) is 12.9. The van der Waals surface area contributed by atoms with Gasteiger partial charge in [-0.25, -0.2) is 4.79 Å². The lowest BCUT2D eigenvalue weighted by atomic mass is 10.1. The van der Waals surface area contributed by atoms with Crippen molar-refractivity contribution in [1.82, 2.24) is 10.2 Å². The van der Waals surface area contributed by atoms with Gasteiger partial charge in [0.1, 0.15) is 0 Å². The van der Waals surface area contributed by atoms with E-state index in [1.807, 2.05) is 0 Å². The first-order valence-corrected chi connectivity index (χ1v) is 8.84. The first kappa shape index (κ1) is 20.5. The first-order valence-electron chi connectivity index (χ1n) is 8.47. The van der Waals surface area contributed by atoms with E-state index >= 15 is 0 Å². The van der Waals surface area contributed by atoms with E-state index < -0.39 is 5.97 Å². The number of nitrogens with zero attached hydrogens (tertiary/aromatic N) is 1. The highest BCUT2D eigenvalue weighted by Gasteiger charge is 2.11. The molecule has 142 valence electrons. The molecule has 2 amide bonds. The van der Waals surface area contributed by atoms with Crippen LogP contribution in [0.3, 0.4) is 0 Å². The highest BCUT2D eigenvalue weighted by Crippen LogP contribution is 2.10. The average molecular weight is 389 g/mol. The van der Waals surface area contributed by atoms with E-state index in [1.165, 1.54) is 12.1 Å². The minimum Gasteiger partial charge on any atom is -0.478 e. The molecule has 2 aromatic rings. The van der Waals surface area contributed by atoms with Gasteiger partial charge in [0.15, 0.2) is 0 Å². The second-order valence-corrected chi connectivity index (χ2v) is 6.55. The number of carboxylic acid groups (broad SMARTS) is 1. The molecule has 0 aliphatic heterocycles. The minimum absolute atomic E-state index is 0.0435. The van der Waals surface area contributed by atoms with Gasteiger partial charge in [0.2, 0.25) is 5.91 Å². The van der Waals surface area contributed by atoms with Gasteiger partial charge >= 0.3 is 5.97 Å². The summed E-state index contributed by atoms with van der Waals surface area (Å²) in [7, 11) is 1.69. The Bertz CT molecular complexity index is 804. The highest BCUT2D eigenvalue weighted by atomic mass is 35.5. The molecule has 6 nitrogen and oxygen atoms in total. The molecule has 2 N–H and O–H groups in total. The third-order valence-electron chi connectivity index (χ3n) is 4.01. The Balaban J connectivity index is 1.72. The number of hydrogen-bond donors (Lipinski definition) is 2. The van der Waals surface area contributed by atoms with Gasteiger partial charge in [-0.1, -0.05) is 23.7 Å². The number of hydrogen-bond acceptors (Lipinski definition) is 3. The van der Waals surface area contributed by atoms with Crippen LogP contribution in [-0.4, -0.2) is 41.4 Å². The predicted octanol–water partition coefficient (Wildman–Crippen LogP) is 3.21. The van der Waals surface area contributed by atoms with Crippen LogP contribution in [0, 0.1) is 0 Å². The van der Waals surface area contributed by atoms with Gasteiger partial charge in [-0.3, -0.25) is 9.59 Å². The molecule has 2 rings (SSSR count). The van der Waals surface area contributed by atoms with E-state index in [2.05, 4.69) is 5.32 Å². The molecule has 0 saturated heterocycles. The van der Waals surface area contributed by atoms with E-state index in [9.17, 15) is 14.4 Å². The minimum atomic E-state index is -0.980. The smallest absolute Gasteiger partial charge is 0.335 e. The fraction of sp³-hybridized carbons (Fsp3) is 0.250. The molecule has 0 radical (unpaired) electrons. The lowest BCUT2D eigenvalue weighted by molar-refractivity contribution is -0.130. The van der Waals surface area contributed by atoms with Gasteiger partial charge in [-0.2, -0.15) is 0 Å². The van der Waals surface area contributed by atoms with Crippen molar-refractivity contribution in [3.8, 4) is 0 Å². The van der Waals surface area contributed by atoms with Crippen LogP contribution in [0.15, 0.2) is 48.5 Å².